The first-order valence-electron chi connectivity index (χ1n) is 6.61. The fraction of sp³-hybridized carbons (Fsp3) is 0.250. The van der Waals surface area contributed by atoms with Crippen molar-refractivity contribution in [3.05, 3.63) is 53.3 Å². The summed E-state index contributed by atoms with van der Waals surface area (Å²) in [4.78, 5) is 15.1. The van der Waals surface area contributed by atoms with Gasteiger partial charge in [0.15, 0.2) is 5.69 Å². The fourth-order valence-electron chi connectivity index (χ4n) is 2.07. The SMILES string of the molecule is CCc1cccc(-c2cnc(C(=O)OC)c(C(F)(F)F)c2)c1. The first kappa shape index (κ1) is 16.0. The highest BCUT2D eigenvalue weighted by Gasteiger charge is 2.37. The van der Waals surface area contributed by atoms with E-state index in [9.17, 15) is 18.0 Å². The average Bonchev–Trinajstić information content (AvgIpc) is 2.52. The third-order valence-electron chi connectivity index (χ3n) is 3.24. The first-order chi connectivity index (χ1) is 10.4. The molecule has 0 bridgehead atoms. The second-order valence-electron chi connectivity index (χ2n) is 4.66. The molecule has 0 amide bonds. The van der Waals surface area contributed by atoms with Gasteiger partial charge in [-0.2, -0.15) is 13.2 Å². The summed E-state index contributed by atoms with van der Waals surface area (Å²) in [5.41, 5.74) is 0.0938. The minimum atomic E-state index is -4.69. The molecule has 1 aromatic carbocycles. The maximum atomic E-state index is 13.1. The number of rotatable bonds is 3. The van der Waals surface area contributed by atoms with Gasteiger partial charge in [-0.05, 0) is 23.6 Å². The van der Waals surface area contributed by atoms with Crippen molar-refractivity contribution in [3.63, 3.8) is 0 Å². The van der Waals surface area contributed by atoms with Crippen molar-refractivity contribution in [1.82, 2.24) is 4.98 Å². The number of alkyl halides is 3. The smallest absolute Gasteiger partial charge is 0.418 e. The quantitative estimate of drug-likeness (QED) is 0.801. The summed E-state index contributed by atoms with van der Waals surface area (Å²) >= 11 is 0. The Labute approximate surface area is 125 Å². The molecular formula is C16H14F3NO2. The Morgan fingerprint density at radius 2 is 1.95 bits per heavy atom. The van der Waals surface area contributed by atoms with Gasteiger partial charge in [0, 0.05) is 11.8 Å². The summed E-state index contributed by atoms with van der Waals surface area (Å²) in [6.07, 6.45) is -2.67. The van der Waals surface area contributed by atoms with Crippen LogP contribution in [0.1, 0.15) is 28.5 Å². The fourth-order valence-corrected chi connectivity index (χ4v) is 2.07. The van der Waals surface area contributed by atoms with Crippen LogP contribution in [0, 0.1) is 0 Å². The largest absolute Gasteiger partial charge is 0.464 e. The predicted molar refractivity (Wildman–Crippen MR) is 75.4 cm³/mol. The lowest BCUT2D eigenvalue weighted by Gasteiger charge is -2.13. The number of carbonyl (C=O) groups excluding carboxylic acids is 1. The summed E-state index contributed by atoms with van der Waals surface area (Å²) < 4.78 is 43.8. The van der Waals surface area contributed by atoms with E-state index in [2.05, 4.69) is 9.72 Å². The van der Waals surface area contributed by atoms with Crippen LogP contribution < -0.4 is 0 Å². The molecule has 0 unspecified atom stereocenters. The Bertz CT molecular complexity index is 696. The van der Waals surface area contributed by atoms with Gasteiger partial charge in [-0.1, -0.05) is 31.2 Å². The van der Waals surface area contributed by atoms with Gasteiger partial charge in [-0.15, -0.1) is 0 Å². The molecule has 1 heterocycles. The van der Waals surface area contributed by atoms with Gasteiger partial charge in [0.25, 0.3) is 0 Å². The number of aryl methyl sites for hydroxylation is 1. The first-order valence-corrected chi connectivity index (χ1v) is 6.61. The van der Waals surface area contributed by atoms with E-state index in [0.717, 1.165) is 25.2 Å². The number of halogens is 3. The summed E-state index contributed by atoms with van der Waals surface area (Å²) in [6, 6.07) is 8.09. The van der Waals surface area contributed by atoms with Crippen LogP contribution in [-0.4, -0.2) is 18.1 Å². The molecule has 0 fully saturated rings. The Morgan fingerprint density at radius 1 is 1.23 bits per heavy atom. The zero-order valence-electron chi connectivity index (χ0n) is 12.1. The summed E-state index contributed by atoms with van der Waals surface area (Å²) in [5, 5.41) is 0. The minimum absolute atomic E-state index is 0.301. The second kappa shape index (κ2) is 6.17. The molecule has 6 heteroatoms. The summed E-state index contributed by atoms with van der Waals surface area (Å²) in [5.74, 6) is -1.11. The molecule has 0 aliphatic rings. The van der Waals surface area contributed by atoms with Crippen molar-refractivity contribution in [2.24, 2.45) is 0 Å². The number of hydrogen-bond donors (Lipinski definition) is 0. The zero-order chi connectivity index (χ0) is 16.3. The van der Waals surface area contributed by atoms with Crippen molar-refractivity contribution in [3.8, 4) is 11.1 Å². The third-order valence-corrected chi connectivity index (χ3v) is 3.24. The Morgan fingerprint density at radius 3 is 2.55 bits per heavy atom. The molecule has 0 spiro atoms. The standard InChI is InChI=1S/C16H14F3NO2/c1-3-10-5-4-6-11(7-10)12-8-13(16(17,18)19)14(20-9-12)15(21)22-2/h4-9H,3H2,1-2H3. The molecule has 116 valence electrons. The Kier molecular flexibility index (Phi) is 4.49. The Balaban J connectivity index is 2.57. The highest BCUT2D eigenvalue weighted by atomic mass is 19.4. The van der Waals surface area contributed by atoms with Crippen LogP contribution in [0.4, 0.5) is 13.2 Å². The molecule has 0 aliphatic carbocycles. The van der Waals surface area contributed by atoms with Gasteiger partial charge in [-0.25, -0.2) is 9.78 Å². The molecule has 0 aliphatic heterocycles. The number of benzene rings is 1. The topological polar surface area (TPSA) is 39.2 Å². The van der Waals surface area contributed by atoms with E-state index in [0.29, 0.717) is 11.1 Å². The molecule has 0 atom stereocenters. The van der Waals surface area contributed by atoms with E-state index in [1.807, 2.05) is 13.0 Å². The number of carbonyl (C=O) groups is 1. The number of aromatic nitrogens is 1. The van der Waals surface area contributed by atoms with E-state index in [-0.39, 0.29) is 0 Å². The van der Waals surface area contributed by atoms with E-state index < -0.39 is 23.4 Å². The lowest BCUT2D eigenvalue weighted by Crippen LogP contribution is -2.16. The second-order valence-corrected chi connectivity index (χ2v) is 4.66. The maximum absolute atomic E-state index is 13.1. The maximum Gasteiger partial charge on any atom is 0.418 e. The molecule has 0 saturated carbocycles. The molecule has 3 nitrogen and oxygen atoms in total. The molecule has 1 aromatic heterocycles. The summed E-state index contributed by atoms with van der Waals surface area (Å²) in [7, 11) is 1.02. The normalized spacial score (nSPS) is 11.3. The molecule has 0 radical (unpaired) electrons. The number of esters is 1. The van der Waals surface area contributed by atoms with Crippen LogP contribution in [0.3, 0.4) is 0 Å². The third kappa shape index (κ3) is 3.27. The van der Waals surface area contributed by atoms with Crippen LogP contribution >= 0.6 is 0 Å². The molecule has 2 rings (SSSR count). The van der Waals surface area contributed by atoms with Gasteiger partial charge in [0.2, 0.25) is 0 Å². The monoisotopic (exact) mass is 309 g/mol. The highest BCUT2D eigenvalue weighted by Crippen LogP contribution is 2.34. The van der Waals surface area contributed by atoms with E-state index >= 15 is 0 Å². The molecule has 0 N–H and O–H groups in total. The van der Waals surface area contributed by atoms with E-state index in [1.165, 1.54) is 6.20 Å². The van der Waals surface area contributed by atoms with Crippen molar-refractivity contribution < 1.29 is 22.7 Å². The molecule has 0 saturated heterocycles. The predicted octanol–water partition coefficient (Wildman–Crippen LogP) is 4.12. The van der Waals surface area contributed by atoms with Gasteiger partial charge in [0.1, 0.15) is 0 Å². The van der Waals surface area contributed by atoms with Gasteiger partial charge in [-0.3, -0.25) is 0 Å². The van der Waals surface area contributed by atoms with Gasteiger partial charge < -0.3 is 4.74 Å². The number of hydrogen-bond acceptors (Lipinski definition) is 3. The van der Waals surface area contributed by atoms with Crippen LogP contribution in [-0.2, 0) is 17.3 Å². The average molecular weight is 309 g/mol. The molecule has 22 heavy (non-hydrogen) atoms. The van der Waals surface area contributed by atoms with Crippen molar-refractivity contribution in [2.45, 2.75) is 19.5 Å². The summed E-state index contributed by atoms with van der Waals surface area (Å²) in [6.45, 7) is 1.96. The van der Waals surface area contributed by atoms with Crippen LogP contribution in [0.2, 0.25) is 0 Å². The molecule has 2 aromatic rings. The number of ether oxygens (including phenoxy) is 1. The lowest BCUT2D eigenvalue weighted by molar-refractivity contribution is -0.138. The van der Waals surface area contributed by atoms with Crippen molar-refractivity contribution in [1.29, 1.82) is 0 Å². The van der Waals surface area contributed by atoms with Gasteiger partial charge >= 0.3 is 12.1 Å². The molecular weight excluding hydrogens is 295 g/mol. The zero-order valence-corrected chi connectivity index (χ0v) is 12.1. The number of methoxy groups -OCH3 is 1. The number of nitrogens with zero attached hydrogens (tertiary/aromatic N) is 1. The van der Waals surface area contributed by atoms with Crippen LogP contribution in [0.15, 0.2) is 36.5 Å². The van der Waals surface area contributed by atoms with Crippen molar-refractivity contribution >= 4 is 5.97 Å². The van der Waals surface area contributed by atoms with E-state index in [1.54, 1.807) is 18.2 Å². The van der Waals surface area contributed by atoms with E-state index in [4.69, 9.17) is 0 Å². The Hall–Kier alpha value is -2.37. The van der Waals surface area contributed by atoms with Crippen LogP contribution in [0.5, 0.6) is 0 Å². The van der Waals surface area contributed by atoms with Gasteiger partial charge in [0.05, 0.1) is 12.7 Å². The minimum Gasteiger partial charge on any atom is -0.464 e. The highest BCUT2D eigenvalue weighted by molar-refractivity contribution is 5.89. The van der Waals surface area contributed by atoms with Crippen LogP contribution in [0.25, 0.3) is 11.1 Å². The number of pyridine rings is 1. The lowest BCUT2D eigenvalue weighted by atomic mass is 10.0. The van der Waals surface area contributed by atoms with Crippen molar-refractivity contribution in [2.75, 3.05) is 7.11 Å².